The molecular formula is C19H25BF3N2O2-. The molecule has 0 radical (unpaired) electrons. The molecule has 27 heavy (non-hydrogen) atoms. The van der Waals surface area contributed by atoms with Gasteiger partial charge in [-0.1, -0.05) is 18.1 Å². The maximum atomic E-state index is 13.2. The van der Waals surface area contributed by atoms with Crippen LogP contribution in [0, 0.1) is 19.3 Å². The number of rotatable bonds is 3. The Balaban J connectivity index is 2.07. The summed E-state index contributed by atoms with van der Waals surface area (Å²) in [5.74, 6) is 2.35. The molecule has 4 nitrogen and oxygen atoms in total. The van der Waals surface area contributed by atoms with Crippen molar-refractivity contribution < 1.29 is 22.5 Å². The molecular weight excluding hydrogens is 356 g/mol. The smallest absolute Gasteiger partial charge is 0.445 e. The van der Waals surface area contributed by atoms with Gasteiger partial charge in [-0.3, -0.25) is 4.90 Å². The van der Waals surface area contributed by atoms with Gasteiger partial charge in [0.15, 0.2) is 0 Å². The van der Waals surface area contributed by atoms with E-state index in [9.17, 15) is 17.7 Å². The Bertz CT molecular complexity index is 743. The number of terminal acetylenes is 1. The molecule has 1 aromatic carbocycles. The highest BCUT2D eigenvalue weighted by Crippen LogP contribution is 2.20. The summed E-state index contributed by atoms with van der Waals surface area (Å²) in [5, 5.41) is 0. The highest BCUT2D eigenvalue weighted by atomic mass is 19.4. The van der Waals surface area contributed by atoms with Gasteiger partial charge in [0.1, 0.15) is 5.60 Å². The van der Waals surface area contributed by atoms with Gasteiger partial charge in [-0.15, -0.1) is 11.9 Å². The van der Waals surface area contributed by atoms with Crippen LogP contribution < -0.4 is 5.46 Å². The standard InChI is InChI=1S/C19H25BF3N2O2/c1-6-15-11-17(20(21,22)23)12-16(14(15)2)13-24-7-9-25(10-8-24)18(26)27-19(3,4)5/h1,11-12H,7-10,13H2,2-5H3/q-1. The largest absolute Gasteiger partial charge is 0.509 e. The van der Waals surface area contributed by atoms with E-state index in [4.69, 9.17) is 11.2 Å². The Hall–Kier alpha value is -2.14. The minimum Gasteiger partial charge on any atom is -0.445 e. The van der Waals surface area contributed by atoms with Crippen LogP contribution in [0.3, 0.4) is 0 Å². The van der Waals surface area contributed by atoms with Gasteiger partial charge in [0.05, 0.1) is 0 Å². The minimum atomic E-state index is -5.11. The van der Waals surface area contributed by atoms with E-state index in [2.05, 4.69) is 5.92 Å². The molecule has 1 amide bonds. The number of nitrogens with zero attached hydrogens (tertiary/aromatic N) is 2. The van der Waals surface area contributed by atoms with E-state index in [1.807, 2.05) is 25.7 Å². The van der Waals surface area contributed by atoms with Crippen LogP contribution in [0.1, 0.15) is 37.5 Å². The van der Waals surface area contributed by atoms with E-state index in [1.54, 1.807) is 11.8 Å². The van der Waals surface area contributed by atoms with Crippen LogP contribution in [-0.2, 0) is 11.3 Å². The number of amides is 1. The topological polar surface area (TPSA) is 32.8 Å². The van der Waals surface area contributed by atoms with Crippen molar-refractivity contribution in [2.24, 2.45) is 0 Å². The highest BCUT2D eigenvalue weighted by Gasteiger charge is 2.28. The normalized spacial score (nSPS) is 16.1. The van der Waals surface area contributed by atoms with E-state index in [1.165, 1.54) is 6.07 Å². The van der Waals surface area contributed by atoms with Gasteiger partial charge in [-0.25, -0.2) is 4.79 Å². The third kappa shape index (κ3) is 5.67. The number of carbonyl (C=O) groups excluding carboxylic acids is 1. The summed E-state index contributed by atoms with van der Waals surface area (Å²) < 4.78 is 44.9. The second kappa shape index (κ2) is 7.85. The minimum absolute atomic E-state index is 0.272. The maximum Gasteiger partial charge on any atom is 0.509 e. The molecule has 8 heteroatoms. The molecule has 1 fully saturated rings. The van der Waals surface area contributed by atoms with Crippen molar-refractivity contribution >= 4 is 18.5 Å². The van der Waals surface area contributed by atoms with Crippen molar-refractivity contribution in [1.82, 2.24) is 9.80 Å². The van der Waals surface area contributed by atoms with E-state index >= 15 is 0 Å². The molecule has 0 atom stereocenters. The summed E-state index contributed by atoms with van der Waals surface area (Å²) in [6.07, 6.45) is 5.02. The zero-order valence-electron chi connectivity index (χ0n) is 16.2. The van der Waals surface area contributed by atoms with Crippen molar-refractivity contribution in [3.63, 3.8) is 0 Å². The van der Waals surface area contributed by atoms with Crippen molar-refractivity contribution in [3.8, 4) is 12.3 Å². The lowest BCUT2D eigenvalue weighted by molar-refractivity contribution is 0.0139. The first kappa shape index (κ1) is 21.2. The first-order valence-corrected chi connectivity index (χ1v) is 8.91. The summed E-state index contributed by atoms with van der Waals surface area (Å²) in [4.78, 5) is 15.8. The predicted octanol–water partition coefficient (Wildman–Crippen LogP) is 3.08. The van der Waals surface area contributed by atoms with E-state index in [-0.39, 0.29) is 11.7 Å². The van der Waals surface area contributed by atoms with Gasteiger partial charge in [0.25, 0.3) is 0 Å². The van der Waals surface area contributed by atoms with Crippen LogP contribution in [0.15, 0.2) is 12.1 Å². The summed E-state index contributed by atoms with van der Waals surface area (Å²) in [7, 11) is 0. The number of benzene rings is 1. The SMILES string of the molecule is C#Cc1cc([B-](F)(F)F)cc(CN2CCN(C(=O)OC(C)(C)C)CC2)c1C. The fourth-order valence-corrected chi connectivity index (χ4v) is 2.96. The Labute approximate surface area is 158 Å². The van der Waals surface area contributed by atoms with Crippen LogP contribution in [0.5, 0.6) is 0 Å². The lowest BCUT2D eigenvalue weighted by Gasteiger charge is -2.36. The Morgan fingerprint density at radius 2 is 1.81 bits per heavy atom. The first-order chi connectivity index (χ1) is 12.4. The van der Waals surface area contributed by atoms with Crippen molar-refractivity contribution in [3.05, 3.63) is 28.8 Å². The van der Waals surface area contributed by atoms with Crippen LogP contribution in [0.25, 0.3) is 0 Å². The molecule has 0 aliphatic carbocycles. The van der Waals surface area contributed by atoms with Gasteiger partial charge in [-0.05, 0) is 38.8 Å². The molecule has 1 aromatic rings. The molecule has 0 N–H and O–H groups in total. The number of hydrogen-bond acceptors (Lipinski definition) is 3. The number of halogens is 3. The van der Waals surface area contributed by atoms with Gasteiger partial charge in [-0.2, -0.15) is 0 Å². The van der Waals surface area contributed by atoms with Gasteiger partial charge in [0, 0.05) is 38.3 Å². The number of piperazine rings is 1. The number of ether oxygens (including phenoxy) is 1. The van der Waals surface area contributed by atoms with E-state index in [0.29, 0.717) is 43.9 Å². The first-order valence-electron chi connectivity index (χ1n) is 8.91. The fraction of sp³-hybridized carbons (Fsp3) is 0.526. The van der Waals surface area contributed by atoms with Gasteiger partial charge in [0.2, 0.25) is 0 Å². The third-order valence-corrected chi connectivity index (χ3v) is 4.49. The average Bonchev–Trinajstić information content (AvgIpc) is 2.54. The fourth-order valence-electron chi connectivity index (χ4n) is 2.96. The summed E-state index contributed by atoms with van der Waals surface area (Å²) >= 11 is 0. The molecule has 1 aliphatic heterocycles. The zero-order valence-corrected chi connectivity index (χ0v) is 16.2. The average molecular weight is 381 g/mol. The molecule has 1 aliphatic rings. The van der Waals surface area contributed by atoms with Gasteiger partial charge >= 0.3 is 13.1 Å². The Morgan fingerprint density at radius 1 is 1.22 bits per heavy atom. The quantitative estimate of drug-likeness (QED) is 0.596. The predicted molar refractivity (Wildman–Crippen MR) is 101 cm³/mol. The zero-order chi connectivity index (χ0) is 20.4. The molecule has 1 saturated heterocycles. The highest BCUT2D eigenvalue weighted by molar-refractivity contribution is 6.73. The monoisotopic (exact) mass is 381 g/mol. The second-order valence-electron chi connectivity index (χ2n) is 7.82. The summed E-state index contributed by atoms with van der Waals surface area (Å²) in [5.41, 5.74) is 0.308. The molecule has 0 unspecified atom stereocenters. The lowest BCUT2D eigenvalue weighted by Crippen LogP contribution is -2.49. The van der Waals surface area contributed by atoms with Crippen molar-refractivity contribution in [2.75, 3.05) is 26.2 Å². The Morgan fingerprint density at radius 3 is 2.30 bits per heavy atom. The molecule has 0 spiro atoms. The maximum absolute atomic E-state index is 13.2. The third-order valence-electron chi connectivity index (χ3n) is 4.49. The van der Waals surface area contributed by atoms with Crippen molar-refractivity contribution in [1.29, 1.82) is 0 Å². The lowest BCUT2D eigenvalue weighted by atomic mass is 9.77. The van der Waals surface area contributed by atoms with Crippen LogP contribution in [0.4, 0.5) is 17.7 Å². The Kier molecular flexibility index (Phi) is 6.16. The summed E-state index contributed by atoms with van der Waals surface area (Å²) in [6, 6.07) is 2.23. The molecule has 0 aromatic heterocycles. The van der Waals surface area contributed by atoms with E-state index in [0.717, 1.165) is 6.07 Å². The molecule has 148 valence electrons. The summed E-state index contributed by atoms with van der Waals surface area (Å²) in [6.45, 7) is 4.48. The molecule has 0 bridgehead atoms. The molecule has 0 saturated carbocycles. The van der Waals surface area contributed by atoms with Crippen LogP contribution >= 0.6 is 0 Å². The van der Waals surface area contributed by atoms with E-state index < -0.39 is 18.0 Å². The molecule has 1 heterocycles. The number of carbonyl (C=O) groups is 1. The second-order valence-corrected chi connectivity index (χ2v) is 7.82. The van der Waals surface area contributed by atoms with Crippen molar-refractivity contribution in [2.45, 2.75) is 39.8 Å². The van der Waals surface area contributed by atoms with Gasteiger partial charge < -0.3 is 22.6 Å². The molecule has 2 rings (SSSR count). The van der Waals surface area contributed by atoms with Crippen LogP contribution in [0.2, 0.25) is 0 Å². The number of hydrogen-bond donors (Lipinski definition) is 0. The van der Waals surface area contributed by atoms with Crippen LogP contribution in [-0.4, -0.2) is 54.7 Å².